The summed E-state index contributed by atoms with van der Waals surface area (Å²) < 4.78 is 1.05. The minimum atomic E-state index is 0.583. The maximum absolute atomic E-state index is 4.63. The molecule has 1 rings (SSSR count). The monoisotopic (exact) mass is 312 g/mol. The summed E-state index contributed by atoms with van der Waals surface area (Å²) in [7, 11) is 0. The summed E-state index contributed by atoms with van der Waals surface area (Å²) in [4.78, 5) is 7.11. The summed E-state index contributed by atoms with van der Waals surface area (Å²) in [5.41, 5.74) is 1.25. The van der Waals surface area contributed by atoms with E-state index in [1.807, 2.05) is 6.20 Å². The number of rotatable bonds is 6. The lowest BCUT2D eigenvalue weighted by Gasteiger charge is -2.34. The number of hydrogen-bond donors (Lipinski definition) is 0. The van der Waals surface area contributed by atoms with Crippen LogP contribution in [0.15, 0.2) is 16.7 Å². The van der Waals surface area contributed by atoms with E-state index >= 15 is 0 Å². The number of pyridine rings is 1. The van der Waals surface area contributed by atoms with Gasteiger partial charge in [0.25, 0.3) is 0 Å². The van der Waals surface area contributed by atoms with Gasteiger partial charge in [0.2, 0.25) is 0 Å². The van der Waals surface area contributed by atoms with Crippen molar-refractivity contribution in [2.24, 2.45) is 5.92 Å². The first kappa shape index (κ1) is 15.5. The zero-order chi connectivity index (χ0) is 13.7. The number of nitrogens with zero attached hydrogens (tertiary/aromatic N) is 2. The van der Waals surface area contributed by atoms with Gasteiger partial charge in [0.05, 0.1) is 0 Å². The fourth-order valence-corrected chi connectivity index (χ4v) is 2.81. The Balaban J connectivity index is 3.08. The molecule has 0 amide bonds. The molecule has 1 aromatic rings. The first-order chi connectivity index (χ1) is 8.49. The maximum Gasteiger partial charge on any atom is 0.131 e. The van der Waals surface area contributed by atoms with E-state index in [0.29, 0.717) is 12.0 Å². The number of anilines is 1. The fraction of sp³-hybridized carbons (Fsp3) is 0.667. The Morgan fingerprint density at radius 2 is 1.89 bits per heavy atom. The standard InChI is InChI=1S/C15H25BrN2/c1-6-14(7-2)18(10-11(3)4)15-12(5)8-13(16)9-17-15/h8-9,11,14H,6-7,10H2,1-5H3. The maximum atomic E-state index is 4.63. The number of aromatic nitrogens is 1. The SMILES string of the molecule is CCC(CC)N(CC(C)C)c1ncc(Br)cc1C. The van der Waals surface area contributed by atoms with Crippen molar-refractivity contribution in [1.82, 2.24) is 4.98 Å². The van der Waals surface area contributed by atoms with E-state index in [1.165, 1.54) is 18.4 Å². The minimum absolute atomic E-state index is 0.583. The summed E-state index contributed by atoms with van der Waals surface area (Å²) in [6, 6.07) is 2.73. The van der Waals surface area contributed by atoms with Gasteiger partial charge in [0, 0.05) is 23.3 Å². The average molecular weight is 313 g/mol. The number of aryl methyl sites for hydroxylation is 1. The Labute approximate surface area is 120 Å². The van der Waals surface area contributed by atoms with Crippen LogP contribution < -0.4 is 4.90 Å². The van der Waals surface area contributed by atoms with E-state index in [9.17, 15) is 0 Å². The summed E-state index contributed by atoms with van der Waals surface area (Å²) in [6.07, 6.45) is 4.23. The lowest BCUT2D eigenvalue weighted by atomic mass is 10.1. The van der Waals surface area contributed by atoms with Crippen molar-refractivity contribution in [3.8, 4) is 0 Å². The highest BCUT2D eigenvalue weighted by atomic mass is 79.9. The Morgan fingerprint density at radius 3 is 2.33 bits per heavy atom. The van der Waals surface area contributed by atoms with Gasteiger partial charge in [-0.2, -0.15) is 0 Å². The summed E-state index contributed by atoms with van der Waals surface area (Å²) in [5, 5.41) is 0. The van der Waals surface area contributed by atoms with Gasteiger partial charge in [-0.25, -0.2) is 4.98 Å². The smallest absolute Gasteiger partial charge is 0.131 e. The summed E-state index contributed by atoms with van der Waals surface area (Å²) in [6.45, 7) is 12.3. The van der Waals surface area contributed by atoms with Gasteiger partial charge in [0.1, 0.15) is 5.82 Å². The normalized spacial score (nSPS) is 11.3. The molecule has 102 valence electrons. The van der Waals surface area contributed by atoms with E-state index < -0.39 is 0 Å². The molecule has 3 heteroatoms. The van der Waals surface area contributed by atoms with Gasteiger partial charge in [-0.15, -0.1) is 0 Å². The number of hydrogen-bond acceptors (Lipinski definition) is 2. The van der Waals surface area contributed by atoms with Crippen LogP contribution >= 0.6 is 15.9 Å². The van der Waals surface area contributed by atoms with Gasteiger partial charge < -0.3 is 4.90 Å². The molecule has 0 aliphatic carbocycles. The molecule has 0 unspecified atom stereocenters. The zero-order valence-corrected chi connectivity index (χ0v) is 13.8. The second-order valence-electron chi connectivity index (χ2n) is 5.31. The van der Waals surface area contributed by atoms with Crippen LogP contribution in [0, 0.1) is 12.8 Å². The van der Waals surface area contributed by atoms with Crippen LogP contribution in [0.1, 0.15) is 46.1 Å². The van der Waals surface area contributed by atoms with Crippen LogP contribution in [-0.2, 0) is 0 Å². The second-order valence-corrected chi connectivity index (χ2v) is 6.23. The predicted molar refractivity (Wildman–Crippen MR) is 83.2 cm³/mol. The molecule has 0 aromatic carbocycles. The lowest BCUT2D eigenvalue weighted by molar-refractivity contribution is 0.502. The van der Waals surface area contributed by atoms with Gasteiger partial charge in [-0.3, -0.25) is 0 Å². The molecule has 0 saturated carbocycles. The highest BCUT2D eigenvalue weighted by Gasteiger charge is 2.19. The second kappa shape index (κ2) is 7.13. The van der Waals surface area contributed by atoms with Crippen LogP contribution in [0.5, 0.6) is 0 Å². The molecule has 0 radical (unpaired) electrons. The first-order valence-corrected chi connectivity index (χ1v) is 7.67. The highest BCUT2D eigenvalue weighted by Crippen LogP contribution is 2.25. The Hall–Kier alpha value is -0.570. The molecular formula is C15H25BrN2. The van der Waals surface area contributed by atoms with Crippen LogP contribution in [0.4, 0.5) is 5.82 Å². The molecule has 2 nitrogen and oxygen atoms in total. The predicted octanol–water partition coefficient (Wildman–Crippen LogP) is 4.80. The van der Waals surface area contributed by atoms with Gasteiger partial charge >= 0.3 is 0 Å². The molecular weight excluding hydrogens is 288 g/mol. The van der Waals surface area contributed by atoms with Crippen LogP contribution in [-0.4, -0.2) is 17.6 Å². The van der Waals surface area contributed by atoms with Crippen molar-refractivity contribution in [2.75, 3.05) is 11.4 Å². The fourth-order valence-electron chi connectivity index (χ4n) is 2.37. The third kappa shape index (κ3) is 3.98. The molecule has 1 heterocycles. The molecule has 0 atom stereocenters. The topological polar surface area (TPSA) is 16.1 Å². The Bertz CT molecular complexity index is 373. The van der Waals surface area contributed by atoms with E-state index in [-0.39, 0.29) is 0 Å². The third-order valence-corrected chi connectivity index (χ3v) is 3.67. The van der Waals surface area contributed by atoms with E-state index in [2.05, 4.69) is 66.5 Å². The molecule has 0 fully saturated rings. The van der Waals surface area contributed by atoms with Crippen molar-refractivity contribution in [1.29, 1.82) is 0 Å². The summed E-state index contributed by atoms with van der Waals surface area (Å²) in [5.74, 6) is 1.79. The van der Waals surface area contributed by atoms with E-state index in [4.69, 9.17) is 0 Å². The Kier molecular flexibility index (Phi) is 6.13. The Morgan fingerprint density at radius 1 is 1.28 bits per heavy atom. The van der Waals surface area contributed by atoms with Crippen molar-refractivity contribution in [2.45, 2.75) is 53.5 Å². The van der Waals surface area contributed by atoms with E-state index in [1.54, 1.807) is 0 Å². The van der Waals surface area contributed by atoms with Gasteiger partial charge in [-0.1, -0.05) is 27.7 Å². The molecule has 0 aliphatic rings. The molecule has 0 spiro atoms. The molecule has 0 aliphatic heterocycles. The molecule has 1 aromatic heterocycles. The molecule has 0 N–H and O–H groups in total. The largest absolute Gasteiger partial charge is 0.353 e. The van der Waals surface area contributed by atoms with Gasteiger partial charge in [0.15, 0.2) is 0 Å². The van der Waals surface area contributed by atoms with E-state index in [0.717, 1.165) is 16.8 Å². The first-order valence-electron chi connectivity index (χ1n) is 6.88. The summed E-state index contributed by atoms with van der Waals surface area (Å²) >= 11 is 3.49. The average Bonchev–Trinajstić information content (AvgIpc) is 2.29. The lowest BCUT2D eigenvalue weighted by Crippen LogP contribution is -2.38. The zero-order valence-electron chi connectivity index (χ0n) is 12.2. The number of halogens is 1. The van der Waals surface area contributed by atoms with Gasteiger partial charge in [-0.05, 0) is 53.2 Å². The van der Waals surface area contributed by atoms with Crippen LogP contribution in [0.3, 0.4) is 0 Å². The quantitative estimate of drug-likeness (QED) is 0.749. The minimum Gasteiger partial charge on any atom is -0.353 e. The molecule has 18 heavy (non-hydrogen) atoms. The highest BCUT2D eigenvalue weighted by molar-refractivity contribution is 9.10. The molecule has 0 bridgehead atoms. The third-order valence-electron chi connectivity index (χ3n) is 3.23. The molecule has 0 saturated heterocycles. The van der Waals surface area contributed by atoms with Crippen molar-refractivity contribution >= 4 is 21.7 Å². The van der Waals surface area contributed by atoms with Crippen molar-refractivity contribution < 1.29 is 0 Å². The van der Waals surface area contributed by atoms with Crippen molar-refractivity contribution in [3.63, 3.8) is 0 Å². The van der Waals surface area contributed by atoms with Crippen molar-refractivity contribution in [3.05, 3.63) is 22.3 Å². The van der Waals surface area contributed by atoms with Crippen LogP contribution in [0.25, 0.3) is 0 Å². The van der Waals surface area contributed by atoms with Crippen LogP contribution in [0.2, 0.25) is 0 Å².